The van der Waals surface area contributed by atoms with Gasteiger partial charge in [-0.3, -0.25) is 9.59 Å². The summed E-state index contributed by atoms with van der Waals surface area (Å²) in [7, 11) is 0. The van der Waals surface area contributed by atoms with E-state index < -0.39 is 0 Å². The number of benzene rings is 1. The Morgan fingerprint density at radius 2 is 2.08 bits per heavy atom. The highest BCUT2D eigenvalue weighted by Crippen LogP contribution is 2.32. The van der Waals surface area contributed by atoms with Crippen LogP contribution in [0.1, 0.15) is 24.1 Å². The number of nitrogens with zero attached hydrogens (tertiary/aromatic N) is 2. The summed E-state index contributed by atoms with van der Waals surface area (Å²) in [5.74, 6) is 0.0953. The maximum Gasteiger partial charge on any atom is 0.246 e. The third-order valence-corrected chi connectivity index (χ3v) is 5.70. The van der Waals surface area contributed by atoms with Gasteiger partial charge in [-0.25, -0.2) is 0 Å². The van der Waals surface area contributed by atoms with Gasteiger partial charge in [0.15, 0.2) is 0 Å². The third kappa shape index (κ3) is 2.35. The molecule has 4 heterocycles. The zero-order valence-corrected chi connectivity index (χ0v) is 14.0. The normalized spacial score (nSPS) is 26.2. The first-order valence-corrected chi connectivity index (χ1v) is 8.99. The lowest BCUT2D eigenvalue weighted by Crippen LogP contribution is -2.62. The molecule has 2 aromatic rings. The van der Waals surface area contributed by atoms with Gasteiger partial charge in [0.25, 0.3) is 0 Å². The summed E-state index contributed by atoms with van der Waals surface area (Å²) in [4.78, 5) is 32.6. The Kier molecular flexibility index (Phi) is 3.35. The fourth-order valence-electron chi connectivity index (χ4n) is 4.42. The Labute approximate surface area is 145 Å². The van der Waals surface area contributed by atoms with E-state index in [1.165, 1.54) is 5.56 Å². The molecule has 0 unspecified atom stereocenters. The van der Waals surface area contributed by atoms with Crippen LogP contribution in [0.3, 0.4) is 0 Å². The molecule has 3 aliphatic heterocycles. The summed E-state index contributed by atoms with van der Waals surface area (Å²) in [5, 5.41) is 1.16. The van der Waals surface area contributed by atoms with E-state index in [4.69, 9.17) is 4.74 Å². The van der Waals surface area contributed by atoms with Crippen LogP contribution in [-0.4, -0.2) is 58.4 Å². The number of carbonyl (C=O) groups excluding carboxylic acids is 2. The summed E-state index contributed by atoms with van der Waals surface area (Å²) in [6, 6.07) is 7.76. The van der Waals surface area contributed by atoms with Gasteiger partial charge in [0.05, 0.1) is 19.2 Å². The van der Waals surface area contributed by atoms with Crippen LogP contribution in [0.4, 0.5) is 0 Å². The zero-order chi connectivity index (χ0) is 17.0. The van der Waals surface area contributed by atoms with E-state index in [0.717, 1.165) is 36.0 Å². The lowest BCUT2D eigenvalue weighted by atomic mass is 9.94. The molecule has 0 spiro atoms. The molecule has 25 heavy (non-hydrogen) atoms. The standard InChI is InChI=1S/C19H21N3O3/c23-18-11-21(9-12-4-3-7-25-12)19(24)17-8-14-13-5-1-2-6-15(13)20-16(14)10-22(17)18/h1-2,5-6,12,17,20H,3-4,7-11H2/t12-,17+/m1/s1. The minimum absolute atomic E-state index is 0.0342. The molecule has 0 aliphatic carbocycles. The number of amides is 2. The molecule has 1 aromatic heterocycles. The maximum atomic E-state index is 13.0. The van der Waals surface area contributed by atoms with Crippen molar-refractivity contribution in [3.8, 4) is 0 Å². The molecule has 0 bridgehead atoms. The van der Waals surface area contributed by atoms with Gasteiger partial charge in [-0.1, -0.05) is 18.2 Å². The van der Waals surface area contributed by atoms with Gasteiger partial charge < -0.3 is 19.5 Å². The number of aromatic nitrogens is 1. The lowest BCUT2D eigenvalue weighted by Gasteiger charge is -2.43. The van der Waals surface area contributed by atoms with Gasteiger partial charge in [-0.2, -0.15) is 0 Å². The van der Waals surface area contributed by atoms with E-state index in [9.17, 15) is 9.59 Å². The van der Waals surface area contributed by atoms with Crippen LogP contribution < -0.4 is 0 Å². The average molecular weight is 339 g/mol. The zero-order valence-electron chi connectivity index (χ0n) is 14.0. The molecule has 130 valence electrons. The number of H-pyrrole nitrogens is 1. The minimum atomic E-state index is -0.380. The number of hydrogen-bond donors (Lipinski definition) is 1. The fraction of sp³-hybridized carbons (Fsp3) is 0.474. The molecule has 6 nitrogen and oxygen atoms in total. The first-order chi connectivity index (χ1) is 12.2. The topological polar surface area (TPSA) is 65.6 Å². The number of rotatable bonds is 2. The molecular formula is C19H21N3O3. The molecule has 1 aromatic carbocycles. The van der Waals surface area contributed by atoms with Crippen LogP contribution in [0.2, 0.25) is 0 Å². The smallest absolute Gasteiger partial charge is 0.246 e. The van der Waals surface area contributed by atoms with E-state index >= 15 is 0 Å². The van der Waals surface area contributed by atoms with Gasteiger partial charge in [-0.15, -0.1) is 0 Å². The lowest BCUT2D eigenvalue weighted by molar-refractivity contribution is -0.158. The number of para-hydroxylation sites is 1. The third-order valence-electron chi connectivity index (χ3n) is 5.70. The van der Waals surface area contributed by atoms with Gasteiger partial charge in [-0.05, 0) is 24.5 Å². The van der Waals surface area contributed by atoms with Gasteiger partial charge in [0.1, 0.15) is 6.04 Å². The summed E-state index contributed by atoms with van der Waals surface area (Å²) in [6.07, 6.45) is 2.68. The number of ether oxygens (including phenoxy) is 1. The van der Waals surface area contributed by atoms with E-state index in [1.807, 2.05) is 18.2 Å². The Morgan fingerprint density at radius 3 is 2.92 bits per heavy atom. The molecule has 3 aliphatic rings. The van der Waals surface area contributed by atoms with E-state index in [-0.39, 0.29) is 30.5 Å². The van der Waals surface area contributed by atoms with Gasteiger partial charge in [0.2, 0.25) is 11.8 Å². The Balaban J connectivity index is 1.45. The van der Waals surface area contributed by atoms with Crippen molar-refractivity contribution in [3.05, 3.63) is 35.5 Å². The number of nitrogens with one attached hydrogen (secondary N) is 1. The predicted molar refractivity (Wildman–Crippen MR) is 91.9 cm³/mol. The van der Waals surface area contributed by atoms with E-state index in [2.05, 4.69) is 11.1 Å². The Hall–Kier alpha value is -2.34. The Bertz CT molecular complexity index is 853. The second-order valence-corrected chi connectivity index (χ2v) is 7.22. The average Bonchev–Trinajstić information content (AvgIpc) is 3.25. The molecule has 1 N–H and O–H groups in total. The highest BCUT2D eigenvalue weighted by Gasteiger charge is 2.43. The first kappa shape index (κ1) is 15.0. The van der Waals surface area contributed by atoms with E-state index in [0.29, 0.717) is 19.5 Å². The number of carbonyl (C=O) groups is 2. The number of hydrogen-bond acceptors (Lipinski definition) is 3. The minimum Gasteiger partial charge on any atom is -0.376 e. The van der Waals surface area contributed by atoms with Crippen molar-refractivity contribution in [2.45, 2.75) is 38.0 Å². The van der Waals surface area contributed by atoms with Crippen molar-refractivity contribution in [1.29, 1.82) is 0 Å². The first-order valence-electron chi connectivity index (χ1n) is 8.99. The summed E-state index contributed by atoms with van der Waals surface area (Å²) in [5.41, 5.74) is 3.31. The molecule has 6 heteroatoms. The highest BCUT2D eigenvalue weighted by molar-refractivity contribution is 5.96. The van der Waals surface area contributed by atoms with E-state index in [1.54, 1.807) is 9.80 Å². The van der Waals surface area contributed by atoms with Crippen LogP contribution in [0.5, 0.6) is 0 Å². The van der Waals surface area contributed by atoms with Crippen LogP contribution in [0.25, 0.3) is 10.9 Å². The number of fused-ring (bicyclic) bond motifs is 4. The summed E-state index contributed by atoms with van der Waals surface area (Å²) >= 11 is 0. The van der Waals surface area contributed by atoms with Crippen molar-refractivity contribution in [3.63, 3.8) is 0 Å². The highest BCUT2D eigenvalue weighted by atomic mass is 16.5. The Morgan fingerprint density at radius 1 is 1.20 bits per heavy atom. The fourth-order valence-corrected chi connectivity index (χ4v) is 4.42. The summed E-state index contributed by atoms with van der Waals surface area (Å²) < 4.78 is 5.65. The maximum absolute atomic E-state index is 13.0. The summed E-state index contributed by atoms with van der Waals surface area (Å²) in [6.45, 7) is 1.96. The second-order valence-electron chi connectivity index (χ2n) is 7.22. The molecule has 0 radical (unpaired) electrons. The van der Waals surface area contributed by atoms with Crippen molar-refractivity contribution in [1.82, 2.24) is 14.8 Å². The molecule has 0 saturated carbocycles. The SMILES string of the molecule is O=C1[C@@H]2Cc3c([nH]c4ccccc34)CN2C(=O)CN1C[C@H]1CCCO1. The van der Waals surface area contributed by atoms with Crippen LogP contribution in [-0.2, 0) is 27.3 Å². The second kappa shape index (κ2) is 5.59. The van der Waals surface area contributed by atoms with Crippen LogP contribution in [0, 0.1) is 0 Å². The van der Waals surface area contributed by atoms with Crippen LogP contribution >= 0.6 is 0 Å². The number of aromatic amines is 1. The number of piperazine rings is 1. The van der Waals surface area contributed by atoms with Crippen molar-refractivity contribution in [2.24, 2.45) is 0 Å². The molecule has 2 amide bonds. The molecule has 2 atom stereocenters. The van der Waals surface area contributed by atoms with Crippen molar-refractivity contribution >= 4 is 22.7 Å². The van der Waals surface area contributed by atoms with Crippen molar-refractivity contribution in [2.75, 3.05) is 19.7 Å². The molecule has 2 saturated heterocycles. The quantitative estimate of drug-likeness (QED) is 0.900. The molecular weight excluding hydrogens is 318 g/mol. The largest absolute Gasteiger partial charge is 0.376 e. The van der Waals surface area contributed by atoms with Gasteiger partial charge >= 0.3 is 0 Å². The molecule has 5 rings (SSSR count). The monoisotopic (exact) mass is 339 g/mol. The van der Waals surface area contributed by atoms with Crippen molar-refractivity contribution < 1.29 is 14.3 Å². The van der Waals surface area contributed by atoms with Gasteiger partial charge in [0, 0.05) is 36.2 Å². The van der Waals surface area contributed by atoms with Crippen LogP contribution in [0.15, 0.2) is 24.3 Å². The molecule has 2 fully saturated rings. The predicted octanol–water partition coefficient (Wildman–Crippen LogP) is 1.44.